The fraction of sp³-hybridized carbons (Fsp3) is 0.429. The molecule has 114 valence electrons. The van der Waals surface area contributed by atoms with Gasteiger partial charge in [0.1, 0.15) is 12.9 Å². The van der Waals surface area contributed by atoms with Crippen molar-refractivity contribution in [1.82, 2.24) is 14.8 Å². The highest BCUT2D eigenvalue weighted by Gasteiger charge is 2.14. The van der Waals surface area contributed by atoms with Crippen molar-refractivity contribution < 1.29 is 9.47 Å². The first kappa shape index (κ1) is 16.1. The Morgan fingerprint density at radius 1 is 1.38 bits per heavy atom. The van der Waals surface area contributed by atoms with Crippen molar-refractivity contribution >= 4 is 27.5 Å². The molecular weight excluding hydrogens is 358 g/mol. The van der Waals surface area contributed by atoms with Crippen LogP contribution in [0.3, 0.4) is 0 Å². The van der Waals surface area contributed by atoms with Crippen molar-refractivity contribution in [2.45, 2.75) is 32.4 Å². The molecule has 0 aliphatic rings. The number of benzene rings is 1. The Kier molecular flexibility index (Phi) is 5.47. The largest absolute Gasteiger partial charge is 0.493 e. The first-order valence-corrected chi connectivity index (χ1v) is 7.83. The summed E-state index contributed by atoms with van der Waals surface area (Å²) in [5.41, 5.74) is 0.957. The molecule has 1 aromatic heterocycles. The Morgan fingerprint density at radius 3 is 2.76 bits per heavy atom. The third-order valence-corrected chi connectivity index (χ3v) is 3.82. The molecule has 0 unspecified atom stereocenters. The van der Waals surface area contributed by atoms with Gasteiger partial charge in [0, 0.05) is 11.9 Å². The number of rotatable bonds is 6. The van der Waals surface area contributed by atoms with Gasteiger partial charge in [-0.1, -0.05) is 0 Å². The minimum absolute atomic E-state index is 0.232. The molecular formula is C14H17BrClN3O2. The Bertz CT molecular complexity index is 616. The van der Waals surface area contributed by atoms with Crippen LogP contribution in [0.5, 0.6) is 11.5 Å². The van der Waals surface area contributed by atoms with Crippen LogP contribution in [0.1, 0.15) is 31.3 Å². The summed E-state index contributed by atoms with van der Waals surface area (Å²) in [5.74, 6) is 2.44. The minimum atomic E-state index is 0.232. The van der Waals surface area contributed by atoms with E-state index in [-0.39, 0.29) is 6.04 Å². The van der Waals surface area contributed by atoms with Crippen LogP contribution in [-0.2, 0) is 12.5 Å². The zero-order valence-electron chi connectivity index (χ0n) is 12.1. The Labute approximate surface area is 137 Å². The minimum Gasteiger partial charge on any atom is -0.493 e. The summed E-state index contributed by atoms with van der Waals surface area (Å²) in [6.07, 6.45) is 1.53. The topological polar surface area (TPSA) is 49.2 Å². The summed E-state index contributed by atoms with van der Waals surface area (Å²) in [5, 5.41) is 4.19. The van der Waals surface area contributed by atoms with Crippen molar-refractivity contribution in [3.63, 3.8) is 0 Å². The molecule has 0 atom stereocenters. The van der Waals surface area contributed by atoms with Gasteiger partial charge in [0.05, 0.1) is 11.6 Å². The maximum absolute atomic E-state index is 5.86. The van der Waals surface area contributed by atoms with E-state index in [0.717, 1.165) is 15.9 Å². The second kappa shape index (κ2) is 7.13. The van der Waals surface area contributed by atoms with Crippen LogP contribution in [0, 0.1) is 0 Å². The molecule has 2 aromatic rings. The van der Waals surface area contributed by atoms with Crippen LogP contribution < -0.4 is 9.47 Å². The summed E-state index contributed by atoms with van der Waals surface area (Å²) in [4.78, 5) is 4.22. The normalized spacial score (nSPS) is 11.0. The number of hydrogen-bond acceptors (Lipinski definition) is 4. The molecule has 0 saturated heterocycles. The number of halogens is 2. The molecule has 0 spiro atoms. The first-order valence-electron chi connectivity index (χ1n) is 6.50. The summed E-state index contributed by atoms with van der Waals surface area (Å²) in [7, 11) is 1.60. The number of alkyl halides is 1. The molecule has 1 aromatic carbocycles. The second-order valence-electron chi connectivity index (χ2n) is 4.75. The maximum atomic E-state index is 5.86. The summed E-state index contributed by atoms with van der Waals surface area (Å²) >= 11 is 9.34. The highest BCUT2D eigenvalue weighted by Crippen LogP contribution is 2.37. The van der Waals surface area contributed by atoms with E-state index in [0.29, 0.717) is 24.0 Å². The zero-order valence-corrected chi connectivity index (χ0v) is 14.5. The SMILES string of the molecule is COc1cc(CCl)cc(Br)c1OCc1ncnn1C(C)C. The molecule has 0 amide bonds. The lowest BCUT2D eigenvalue weighted by Gasteiger charge is -2.15. The second-order valence-corrected chi connectivity index (χ2v) is 5.87. The third kappa shape index (κ3) is 3.68. The van der Waals surface area contributed by atoms with Crippen molar-refractivity contribution in [3.05, 3.63) is 34.3 Å². The number of nitrogens with zero attached hydrogens (tertiary/aromatic N) is 3. The van der Waals surface area contributed by atoms with Crippen LogP contribution in [0.15, 0.2) is 22.9 Å². The molecule has 0 aliphatic carbocycles. The predicted molar refractivity (Wildman–Crippen MR) is 85.0 cm³/mol. The van der Waals surface area contributed by atoms with Crippen molar-refractivity contribution in [1.29, 1.82) is 0 Å². The van der Waals surface area contributed by atoms with E-state index in [4.69, 9.17) is 21.1 Å². The summed E-state index contributed by atoms with van der Waals surface area (Å²) in [6.45, 7) is 4.40. The van der Waals surface area contributed by atoms with Crippen LogP contribution in [0.2, 0.25) is 0 Å². The molecule has 0 saturated carbocycles. The van der Waals surface area contributed by atoms with Gasteiger partial charge in [-0.2, -0.15) is 5.10 Å². The van der Waals surface area contributed by atoms with Gasteiger partial charge in [-0.25, -0.2) is 9.67 Å². The molecule has 0 fully saturated rings. The van der Waals surface area contributed by atoms with Gasteiger partial charge in [-0.3, -0.25) is 0 Å². The van der Waals surface area contributed by atoms with E-state index < -0.39 is 0 Å². The van der Waals surface area contributed by atoms with E-state index in [9.17, 15) is 0 Å². The van der Waals surface area contributed by atoms with E-state index in [2.05, 4.69) is 26.0 Å². The lowest BCUT2D eigenvalue weighted by molar-refractivity contribution is 0.264. The number of hydrogen-bond donors (Lipinski definition) is 0. The highest BCUT2D eigenvalue weighted by atomic mass is 79.9. The van der Waals surface area contributed by atoms with Gasteiger partial charge < -0.3 is 9.47 Å². The molecule has 0 bridgehead atoms. The Morgan fingerprint density at radius 2 is 2.14 bits per heavy atom. The molecule has 0 radical (unpaired) electrons. The van der Waals surface area contributed by atoms with Crippen molar-refractivity contribution in [2.75, 3.05) is 7.11 Å². The summed E-state index contributed by atoms with van der Waals surface area (Å²) in [6, 6.07) is 4.01. The standard InChI is InChI=1S/C14H17BrClN3O2/c1-9(2)19-13(17-8-18-19)7-21-14-11(15)4-10(6-16)5-12(14)20-3/h4-5,8-9H,6-7H2,1-3H3. The van der Waals surface area contributed by atoms with Gasteiger partial charge in [-0.15, -0.1) is 11.6 Å². The maximum Gasteiger partial charge on any atom is 0.176 e. The van der Waals surface area contributed by atoms with Crippen LogP contribution in [0.25, 0.3) is 0 Å². The van der Waals surface area contributed by atoms with Crippen molar-refractivity contribution in [2.24, 2.45) is 0 Å². The molecule has 0 aliphatic heterocycles. The van der Waals surface area contributed by atoms with E-state index in [1.54, 1.807) is 7.11 Å². The quantitative estimate of drug-likeness (QED) is 0.718. The molecule has 0 N–H and O–H groups in total. The van der Waals surface area contributed by atoms with Crippen LogP contribution in [-0.4, -0.2) is 21.9 Å². The fourth-order valence-electron chi connectivity index (χ4n) is 1.94. The number of ether oxygens (including phenoxy) is 2. The zero-order chi connectivity index (χ0) is 15.4. The lowest BCUT2D eigenvalue weighted by atomic mass is 10.2. The smallest absolute Gasteiger partial charge is 0.176 e. The Hall–Kier alpha value is -1.27. The number of methoxy groups -OCH3 is 1. The van der Waals surface area contributed by atoms with Gasteiger partial charge in [0.25, 0.3) is 0 Å². The lowest BCUT2D eigenvalue weighted by Crippen LogP contribution is -2.11. The number of aromatic nitrogens is 3. The molecule has 7 heteroatoms. The highest BCUT2D eigenvalue weighted by molar-refractivity contribution is 9.10. The molecule has 21 heavy (non-hydrogen) atoms. The average molecular weight is 375 g/mol. The van der Waals surface area contributed by atoms with Crippen molar-refractivity contribution in [3.8, 4) is 11.5 Å². The predicted octanol–water partition coefficient (Wildman–Crippen LogP) is 3.95. The third-order valence-electron chi connectivity index (χ3n) is 2.93. The fourth-order valence-corrected chi connectivity index (χ4v) is 2.69. The van der Waals surface area contributed by atoms with E-state index >= 15 is 0 Å². The van der Waals surface area contributed by atoms with Crippen LogP contribution >= 0.6 is 27.5 Å². The summed E-state index contributed by atoms with van der Waals surface area (Å²) < 4.78 is 13.8. The van der Waals surface area contributed by atoms with Crippen LogP contribution in [0.4, 0.5) is 0 Å². The molecule has 2 rings (SSSR count). The van der Waals surface area contributed by atoms with Gasteiger partial charge in [0.2, 0.25) is 0 Å². The van der Waals surface area contributed by atoms with Gasteiger partial charge in [0.15, 0.2) is 17.3 Å². The van der Waals surface area contributed by atoms with Gasteiger partial charge >= 0.3 is 0 Å². The first-order chi connectivity index (χ1) is 10.1. The molecule has 5 nitrogen and oxygen atoms in total. The molecule has 1 heterocycles. The Balaban J connectivity index is 2.21. The monoisotopic (exact) mass is 373 g/mol. The van der Waals surface area contributed by atoms with E-state index in [1.807, 2.05) is 30.7 Å². The average Bonchev–Trinajstić information content (AvgIpc) is 2.93. The van der Waals surface area contributed by atoms with Gasteiger partial charge in [-0.05, 0) is 47.5 Å². The van der Waals surface area contributed by atoms with E-state index in [1.165, 1.54) is 6.33 Å².